The Bertz CT molecular complexity index is 638. The highest BCUT2D eigenvalue weighted by Crippen LogP contribution is 2.23. The van der Waals surface area contributed by atoms with Crippen molar-refractivity contribution >= 4 is 23.1 Å². The van der Waals surface area contributed by atoms with Gasteiger partial charge in [0.2, 0.25) is 0 Å². The zero-order valence-electron chi connectivity index (χ0n) is 15.2. The van der Waals surface area contributed by atoms with E-state index in [0.29, 0.717) is 11.1 Å². The molecule has 0 fully saturated rings. The number of carbonyl (C=O) groups is 2. The third-order valence-corrected chi connectivity index (χ3v) is 3.47. The van der Waals surface area contributed by atoms with E-state index in [1.165, 1.54) is 18.2 Å². The molecule has 0 radical (unpaired) electrons. The number of hydrogen-bond acceptors (Lipinski definition) is 4. The number of hydrogen-bond donors (Lipinski definition) is 2. The Hall–Kier alpha value is -2.36. The van der Waals surface area contributed by atoms with E-state index in [0.717, 1.165) is 0 Å². The van der Waals surface area contributed by atoms with Crippen LogP contribution in [0.15, 0.2) is 36.4 Å². The van der Waals surface area contributed by atoms with E-state index in [4.69, 9.17) is 0 Å². The van der Waals surface area contributed by atoms with Crippen LogP contribution in [-0.2, 0) is 9.59 Å². The summed E-state index contributed by atoms with van der Waals surface area (Å²) in [6, 6.07) is 6.43. The molecule has 1 aromatic rings. The average molecular weight is 330 g/mol. The largest absolute Gasteiger partial charge is 0.507 e. The van der Waals surface area contributed by atoms with Crippen molar-refractivity contribution in [2.24, 2.45) is 10.8 Å². The molecule has 0 atom stereocenters. The van der Waals surface area contributed by atoms with Crippen molar-refractivity contribution < 1.29 is 19.8 Å². The highest BCUT2D eigenvalue weighted by Gasteiger charge is 2.21. The maximum Gasteiger partial charge on any atom is 0.164 e. The molecule has 0 heterocycles. The molecular formula is C20H26O4. The molecule has 2 N–H and O–H groups in total. The minimum Gasteiger partial charge on any atom is -0.507 e. The lowest BCUT2D eigenvalue weighted by Gasteiger charge is -2.14. The van der Waals surface area contributed by atoms with E-state index in [1.807, 2.05) is 0 Å². The fourth-order valence-electron chi connectivity index (χ4n) is 1.69. The normalized spacial score (nSPS) is 13.8. The van der Waals surface area contributed by atoms with Crippen LogP contribution in [0.4, 0.5) is 0 Å². The van der Waals surface area contributed by atoms with Crippen LogP contribution < -0.4 is 0 Å². The topological polar surface area (TPSA) is 74.6 Å². The molecule has 0 saturated heterocycles. The van der Waals surface area contributed by atoms with Gasteiger partial charge < -0.3 is 10.2 Å². The molecule has 4 heteroatoms. The first-order valence-corrected chi connectivity index (χ1v) is 7.83. The van der Waals surface area contributed by atoms with Crippen molar-refractivity contribution in [3.8, 4) is 0 Å². The lowest BCUT2D eigenvalue weighted by atomic mass is 9.89. The summed E-state index contributed by atoms with van der Waals surface area (Å²) in [5.74, 6) is -0.750. The standard InChI is InChI=1S/C20H26O4/c1-19(2,3)17(23)11-15(21)13-8-7-9-14(10-13)16(22)12-18(24)20(4,5)6/h7-12,21-22H,1-6H3/b15-11-,16-12-. The van der Waals surface area contributed by atoms with Crippen molar-refractivity contribution in [3.05, 3.63) is 47.5 Å². The van der Waals surface area contributed by atoms with E-state index < -0.39 is 10.8 Å². The van der Waals surface area contributed by atoms with E-state index in [-0.39, 0.29) is 23.1 Å². The third-order valence-electron chi connectivity index (χ3n) is 3.47. The van der Waals surface area contributed by atoms with Crippen LogP contribution >= 0.6 is 0 Å². The molecule has 0 saturated carbocycles. The fourth-order valence-corrected chi connectivity index (χ4v) is 1.69. The van der Waals surface area contributed by atoms with Crippen LogP contribution in [-0.4, -0.2) is 21.8 Å². The first-order valence-electron chi connectivity index (χ1n) is 7.83. The monoisotopic (exact) mass is 330 g/mol. The van der Waals surface area contributed by atoms with Gasteiger partial charge in [-0.25, -0.2) is 0 Å². The Labute approximate surface area is 143 Å². The molecule has 1 rings (SSSR count). The molecule has 0 aliphatic rings. The minimum absolute atomic E-state index is 0.174. The summed E-state index contributed by atoms with van der Waals surface area (Å²) in [5.41, 5.74) is -0.388. The number of aliphatic hydroxyl groups excluding tert-OH is 2. The van der Waals surface area contributed by atoms with Crippen LogP contribution in [0.5, 0.6) is 0 Å². The molecule has 0 spiro atoms. The number of aliphatic hydroxyl groups is 2. The minimum atomic E-state index is -0.591. The summed E-state index contributed by atoms with van der Waals surface area (Å²) < 4.78 is 0. The molecule has 0 unspecified atom stereocenters. The molecule has 0 bridgehead atoms. The highest BCUT2D eigenvalue weighted by atomic mass is 16.3. The number of allylic oxidation sites excluding steroid dienone is 2. The molecule has 24 heavy (non-hydrogen) atoms. The zero-order chi connectivity index (χ0) is 18.7. The molecule has 130 valence electrons. The second-order valence-corrected chi connectivity index (χ2v) is 7.87. The fraction of sp³-hybridized carbons (Fsp3) is 0.400. The average Bonchev–Trinajstić information content (AvgIpc) is 2.45. The predicted octanol–water partition coefficient (Wildman–Crippen LogP) is 4.71. The van der Waals surface area contributed by atoms with Gasteiger partial charge in [-0.3, -0.25) is 9.59 Å². The number of carbonyl (C=O) groups excluding carboxylic acids is 2. The molecule has 4 nitrogen and oxygen atoms in total. The summed E-state index contributed by atoms with van der Waals surface area (Å²) >= 11 is 0. The van der Waals surface area contributed by atoms with Crippen LogP contribution in [0.1, 0.15) is 52.7 Å². The summed E-state index contributed by atoms with van der Waals surface area (Å²) in [4.78, 5) is 24.0. The van der Waals surface area contributed by atoms with Crippen LogP contribution in [0.3, 0.4) is 0 Å². The Morgan fingerprint density at radius 2 is 1.12 bits per heavy atom. The predicted molar refractivity (Wildman–Crippen MR) is 96.6 cm³/mol. The van der Waals surface area contributed by atoms with Gasteiger partial charge in [-0.2, -0.15) is 0 Å². The molecule has 0 aliphatic carbocycles. The smallest absolute Gasteiger partial charge is 0.164 e. The zero-order valence-corrected chi connectivity index (χ0v) is 15.2. The van der Waals surface area contributed by atoms with Crippen molar-refractivity contribution in [1.29, 1.82) is 0 Å². The van der Waals surface area contributed by atoms with Gasteiger partial charge in [0, 0.05) is 34.1 Å². The molecule has 1 aromatic carbocycles. The van der Waals surface area contributed by atoms with Crippen LogP contribution in [0, 0.1) is 10.8 Å². The summed E-state index contributed by atoms with van der Waals surface area (Å²) in [6.45, 7) is 10.6. The molecule has 0 aromatic heterocycles. The summed E-state index contributed by atoms with van der Waals surface area (Å²) in [7, 11) is 0. The van der Waals surface area contributed by atoms with Gasteiger partial charge in [0.15, 0.2) is 11.6 Å². The third kappa shape index (κ3) is 5.37. The lowest BCUT2D eigenvalue weighted by Crippen LogP contribution is -2.18. The Morgan fingerprint density at radius 3 is 1.42 bits per heavy atom. The number of benzene rings is 1. The SMILES string of the molecule is CC(C)(C)C(=O)/C=C(\O)c1cccc(/C(O)=C/C(=O)C(C)(C)C)c1. The molecule has 0 amide bonds. The Morgan fingerprint density at radius 1 is 0.792 bits per heavy atom. The van der Waals surface area contributed by atoms with Crippen LogP contribution in [0.25, 0.3) is 11.5 Å². The summed E-state index contributed by atoms with van der Waals surface area (Å²) in [6.07, 6.45) is 2.36. The van der Waals surface area contributed by atoms with Crippen molar-refractivity contribution in [2.45, 2.75) is 41.5 Å². The van der Waals surface area contributed by atoms with Gasteiger partial charge in [0.05, 0.1) is 0 Å². The van der Waals surface area contributed by atoms with Crippen molar-refractivity contribution in [2.75, 3.05) is 0 Å². The summed E-state index contributed by atoms with van der Waals surface area (Å²) in [5, 5.41) is 20.3. The van der Waals surface area contributed by atoms with Gasteiger partial charge in [-0.1, -0.05) is 59.7 Å². The van der Waals surface area contributed by atoms with E-state index >= 15 is 0 Å². The maximum absolute atomic E-state index is 12.0. The quantitative estimate of drug-likeness (QED) is 0.619. The number of ketones is 2. The first kappa shape index (κ1) is 19.7. The Kier molecular flexibility index (Phi) is 5.77. The lowest BCUT2D eigenvalue weighted by molar-refractivity contribution is -0.122. The Balaban J connectivity index is 3.15. The molecule has 0 aliphatic heterocycles. The van der Waals surface area contributed by atoms with Gasteiger partial charge in [-0.15, -0.1) is 0 Å². The second-order valence-electron chi connectivity index (χ2n) is 7.87. The van der Waals surface area contributed by atoms with Gasteiger partial charge >= 0.3 is 0 Å². The second kappa shape index (κ2) is 7.04. The van der Waals surface area contributed by atoms with Crippen molar-refractivity contribution in [3.63, 3.8) is 0 Å². The maximum atomic E-state index is 12.0. The van der Waals surface area contributed by atoms with Gasteiger partial charge in [0.1, 0.15) is 11.5 Å². The highest BCUT2D eigenvalue weighted by molar-refractivity contribution is 6.00. The molecular weight excluding hydrogens is 304 g/mol. The van der Waals surface area contributed by atoms with Crippen molar-refractivity contribution in [1.82, 2.24) is 0 Å². The van der Waals surface area contributed by atoms with Gasteiger partial charge in [-0.05, 0) is 6.07 Å². The van der Waals surface area contributed by atoms with Gasteiger partial charge in [0.25, 0.3) is 0 Å². The number of rotatable bonds is 4. The first-order chi connectivity index (χ1) is 10.8. The van der Waals surface area contributed by atoms with Crippen LogP contribution in [0.2, 0.25) is 0 Å². The van der Waals surface area contributed by atoms with E-state index in [2.05, 4.69) is 0 Å². The van der Waals surface area contributed by atoms with E-state index in [9.17, 15) is 19.8 Å². The van der Waals surface area contributed by atoms with E-state index in [1.54, 1.807) is 59.7 Å².